The number of aliphatic imine (C=N–C) groups is 1. The predicted octanol–water partition coefficient (Wildman–Crippen LogP) is 2.00. The lowest BCUT2D eigenvalue weighted by molar-refractivity contribution is -0.123. The molecule has 1 fully saturated rings. The zero-order chi connectivity index (χ0) is 14.0. The van der Waals surface area contributed by atoms with Gasteiger partial charge in [0.1, 0.15) is 5.54 Å². The average molecular weight is 259 g/mol. The van der Waals surface area contributed by atoms with Gasteiger partial charge in [0.2, 0.25) is 0 Å². The van der Waals surface area contributed by atoms with Crippen LogP contribution in [0.4, 0.5) is 0 Å². The maximum absolute atomic E-state index is 12.3. The highest BCUT2D eigenvalue weighted by Gasteiger charge is 2.43. The van der Waals surface area contributed by atoms with Crippen LogP contribution < -0.4 is 10.6 Å². The van der Waals surface area contributed by atoms with Crippen LogP contribution in [-0.4, -0.2) is 18.4 Å². The van der Waals surface area contributed by atoms with Crippen molar-refractivity contribution in [3.05, 3.63) is 34.9 Å². The molecule has 19 heavy (non-hydrogen) atoms. The fraction of sp³-hybridized carbons (Fsp3) is 0.467. The number of aryl methyl sites for hydroxylation is 2. The van der Waals surface area contributed by atoms with E-state index in [1.54, 1.807) is 0 Å². The van der Waals surface area contributed by atoms with E-state index >= 15 is 0 Å². The summed E-state index contributed by atoms with van der Waals surface area (Å²) in [6, 6.07) is 6.16. The normalized spacial score (nSPS) is 24.4. The predicted molar refractivity (Wildman–Crippen MR) is 77.1 cm³/mol. The number of nitrogens with zero attached hydrogens (tertiary/aromatic N) is 1. The van der Waals surface area contributed by atoms with Crippen LogP contribution in [0.5, 0.6) is 0 Å². The number of hydrogen-bond donors (Lipinski definition) is 2. The number of guanidine groups is 1. The first-order valence-corrected chi connectivity index (χ1v) is 6.69. The molecule has 1 atom stereocenters. The molecule has 1 aromatic rings. The summed E-state index contributed by atoms with van der Waals surface area (Å²) in [5, 5.41) is 6.05. The lowest BCUT2D eigenvalue weighted by Gasteiger charge is -2.24. The molecule has 0 bridgehead atoms. The van der Waals surface area contributed by atoms with Crippen molar-refractivity contribution in [2.45, 2.75) is 39.7 Å². The third-order valence-corrected chi connectivity index (χ3v) is 3.48. The van der Waals surface area contributed by atoms with Crippen LogP contribution in [0.2, 0.25) is 0 Å². The molecule has 2 rings (SSSR count). The Balaban J connectivity index is 2.37. The van der Waals surface area contributed by atoms with Crippen molar-refractivity contribution in [3.63, 3.8) is 0 Å². The molecule has 1 aliphatic heterocycles. The van der Waals surface area contributed by atoms with E-state index in [-0.39, 0.29) is 5.91 Å². The zero-order valence-corrected chi connectivity index (χ0v) is 12.0. The van der Waals surface area contributed by atoms with E-state index in [4.69, 9.17) is 0 Å². The molecular weight excluding hydrogens is 238 g/mol. The first-order valence-electron chi connectivity index (χ1n) is 6.69. The van der Waals surface area contributed by atoms with Gasteiger partial charge in [-0.05, 0) is 38.3 Å². The molecule has 1 aromatic carbocycles. The molecule has 0 radical (unpaired) electrons. The molecule has 0 aromatic heterocycles. The van der Waals surface area contributed by atoms with E-state index in [9.17, 15) is 4.79 Å². The van der Waals surface area contributed by atoms with Crippen molar-refractivity contribution in [1.82, 2.24) is 10.6 Å². The number of hydrogen-bond acceptors (Lipinski definition) is 2. The van der Waals surface area contributed by atoms with Crippen molar-refractivity contribution in [2.24, 2.45) is 4.99 Å². The van der Waals surface area contributed by atoms with Crippen LogP contribution in [0.1, 0.15) is 37.0 Å². The van der Waals surface area contributed by atoms with Crippen LogP contribution in [-0.2, 0) is 10.3 Å². The van der Waals surface area contributed by atoms with Crippen LogP contribution in [0.3, 0.4) is 0 Å². The molecular formula is C15H21N3O. The summed E-state index contributed by atoms with van der Waals surface area (Å²) < 4.78 is 0. The monoisotopic (exact) mass is 259 g/mol. The summed E-state index contributed by atoms with van der Waals surface area (Å²) in [4.78, 5) is 16.6. The highest BCUT2D eigenvalue weighted by atomic mass is 16.2. The third kappa shape index (κ3) is 2.48. The van der Waals surface area contributed by atoms with E-state index in [0.29, 0.717) is 12.5 Å². The molecule has 2 N–H and O–H groups in total. The first-order chi connectivity index (χ1) is 8.97. The average Bonchev–Trinajstić information content (AvgIpc) is 2.66. The highest BCUT2D eigenvalue weighted by molar-refractivity contribution is 6.09. The van der Waals surface area contributed by atoms with Crippen molar-refractivity contribution in [1.29, 1.82) is 0 Å². The van der Waals surface area contributed by atoms with Gasteiger partial charge in [-0.1, -0.05) is 30.7 Å². The van der Waals surface area contributed by atoms with E-state index in [1.807, 2.05) is 26.8 Å². The Labute approximate surface area is 114 Å². The highest BCUT2D eigenvalue weighted by Crippen LogP contribution is 2.28. The second kappa shape index (κ2) is 5.03. The van der Waals surface area contributed by atoms with Crippen molar-refractivity contribution < 1.29 is 4.79 Å². The second-order valence-corrected chi connectivity index (χ2v) is 5.25. The van der Waals surface area contributed by atoms with Gasteiger partial charge in [-0.3, -0.25) is 15.1 Å². The molecule has 4 heteroatoms. The Hall–Kier alpha value is -1.84. The maximum Gasteiger partial charge on any atom is 0.256 e. The van der Waals surface area contributed by atoms with Gasteiger partial charge < -0.3 is 5.32 Å². The summed E-state index contributed by atoms with van der Waals surface area (Å²) in [6.07, 6.45) is 0.960. The molecule has 1 aliphatic rings. The summed E-state index contributed by atoms with van der Waals surface area (Å²) in [6.45, 7) is 8.73. The van der Waals surface area contributed by atoms with Gasteiger partial charge in [0.15, 0.2) is 5.96 Å². The molecule has 102 valence electrons. The van der Waals surface area contributed by atoms with Gasteiger partial charge in [0, 0.05) is 6.54 Å². The zero-order valence-electron chi connectivity index (χ0n) is 12.0. The Morgan fingerprint density at radius 1 is 1.32 bits per heavy atom. The van der Waals surface area contributed by atoms with E-state index in [0.717, 1.165) is 23.1 Å². The molecule has 0 saturated carbocycles. The van der Waals surface area contributed by atoms with Crippen LogP contribution in [0.15, 0.2) is 23.2 Å². The van der Waals surface area contributed by atoms with Crippen molar-refractivity contribution in [3.8, 4) is 0 Å². The SMILES string of the molecule is CCCN=C1NC(=O)C(C)(c2cc(C)ccc2C)N1. The molecule has 1 heterocycles. The largest absolute Gasteiger partial charge is 0.338 e. The van der Waals surface area contributed by atoms with E-state index in [2.05, 4.69) is 34.7 Å². The minimum atomic E-state index is -0.733. The standard InChI is InChI=1S/C15H21N3O/c1-5-8-16-14-17-13(19)15(4,18-14)12-9-10(2)6-7-11(12)3/h6-7,9H,5,8H2,1-4H3,(H2,16,17,18,19). The fourth-order valence-electron chi connectivity index (χ4n) is 2.32. The van der Waals surface area contributed by atoms with Gasteiger partial charge in [-0.25, -0.2) is 0 Å². The second-order valence-electron chi connectivity index (χ2n) is 5.25. The van der Waals surface area contributed by atoms with Gasteiger partial charge in [0.25, 0.3) is 5.91 Å². The van der Waals surface area contributed by atoms with E-state index in [1.165, 1.54) is 0 Å². The fourth-order valence-corrected chi connectivity index (χ4v) is 2.32. The topological polar surface area (TPSA) is 53.5 Å². The van der Waals surface area contributed by atoms with Gasteiger partial charge in [-0.2, -0.15) is 0 Å². The lowest BCUT2D eigenvalue weighted by atomic mass is 9.87. The van der Waals surface area contributed by atoms with Crippen LogP contribution >= 0.6 is 0 Å². The first kappa shape index (κ1) is 13.6. The Kier molecular flexibility index (Phi) is 3.60. The number of carbonyl (C=O) groups is 1. The summed E-state index contributed by atoms with van der Waals surface area (Å²) >= 11 is 0. The number of benzene rings is 1. The summed E-state index contributed by atoms with van der Waals surface area (Å²) in [5.41, 5.74) is 2.53. The third-order valence-electron chi connectivity index (χ3n) is 3.48. The van der Waals surface area contributed by atoms with E-state index < -0.39 is 5.54 Å². The Morgan fingerprint density at radius 3 is 2.74 bits per heavy atom. The molecule has 1 amide bonds. The maximum atomic E-state index is 12.3. The quantitative estimate of drug-likeness (QED) is 0.872. The van der Waals surface area contributed by atoms with Gasteiger partial charge >= 0.3 is 0 Å². The molecule has 0 spiro atoms. The number of carbonyl (C=O) groups excluding carboxylic acids is 1. The smallest absolute Gasteiger partial charge is 0.256 e. The Morgan fingerprint density at radius 2 is 2.05 bits per heavy atom. The molecule has 1 unspecified atom stereocenters. The number of nitrogens with one attached hydrogen (secondary N) is 2. The summed E-state index contributed by atoms with van der Waals surface area (Å²) in [5.74, 6) is 0.534. The van der Waals surface area contributed by atoms with Crippen LogP contribution in [0.25, 0.3) is 0 Å². The van der Waals surface area contributed by atoms with Crippen LogP contribution in [0, 0.1) is 13.8 Å². The summed E-state index contributed by atoms with van der Waals surface area (Å²) in [7, 11) is 0. The van der Waals surface area contributed by atoms with Crippen molar-refractivity contribution in [2.75, 3.05) is 6.54 Å². The Bertz CT molecular complexity index is 536. The number of rotatable bonds is 3. The van der Waals surface area contributed by atoms with Crippen molar-refractivity contribution >= 4 is 11.9 Å². The molecule has 1 saturated heterocycles. The lowest BCUT2D eigenvalue weighted by Crippen LogP contribution is -2.41. The minimum absolute atomic E-state index is 0.0453. The minimum Gasteiger partial charge on any atom is -0.338 e. The molecule has 4 nitrogen and oxygen atoms in total. The van der Waals surface area contributed by atoms with Gasteiger partial charge in [0.05, 0.1) is 0 Å². The number of amides is 1. The van der Waals surface area contributed by atoms with Gasteiger partial charge in [-0.15, -0.1) is 0 Å². The molecule has 0 aliphatic carbocycles.